The number of fused-ring (bicyclic) bond motifs is 1. The summed E-state index contributed by atoms with van der Waals surface area (Å²) in [5.74, 6) is -1.71. The Bertz CT molecular complexity index is 1240. The van der Waals surface area contributed by atoms with Gasteiger partial charge in [-0.15, -0.1) is 0 Å². The molecule has 0 bridgehead atoms. The molecule has 1 aliphatic rings. The van der Waals surface area contributed by atoms with Crippen molar-refractivity contribution in [3.05, 3.63) is 88.7 Å². The standard InChI is InChI=1S/C23H17F4N3O2/c1-13-9-16(24)6-8-19(13)30-12-29(17-4-2-3-14(10-17)21(28)31)22(32)18-7-5-15(11-20(18)30)23(25,26)27/h2-11H,12H2,1H3,(H2,28,31). The fourth-order valence-corrected chi connectivity index (χ4v) is 3.69. The molecule has 0 spiro atoms. The molecule has 0 saturated heterocycles. The van der Waals surface area contributed by atoms with Crippen molar-refractivity contribution in [1.82, 2.24) is 0 Å². The predicted octanol–water partition coefficient (Wildman–Crippen LogP) is 5.01. The number of amides is 2. The van der Waals surface area contributed by atoms with E-state index < -0.39 is 29.4 Å². The van der Waals surface area contributed by atoms with Crippen LogP contribution in [0.1, 0.15) is 31.8 Å². The van der Waals surface area contributed by atoms with Crippen LogP contribution in [0.25, 0.3) is 0 Å². The molecule has 5 nitrogen and oxygen atoms in total. The Balaban J connectivity index is 1.90. The Hall–Kier alpha value is -3.88. The van der Waals surface area contributed by atoms with Crippen LogP contribution in [-0.2, 0) is 6.18 Å². The first kappa shape index (κ1) is 21.4. The molecule has 0 aliphatic carbocycles. The minimum absolute atomic E-state index is 0.0393. The van der Waals surface area contributed by atoms with Crippen LogP contribution in [0, 0.1) is 12.7 Å². The summed E-state index contributed by atoms with van der Waals surface area (Å²) >= 11 is 0. The van der Waals surface area contributed by atoms with Gasteiger partial charge >= 0.3 is 6.18 Å². The van der Waals surface area contributed by atoms with Crippen molar-refractivity contribution in [3.63, 3.8) is 0 Å². The average Bonchev–Trinajstić information content (AvgIpc) is 2.74. The van der Waals surface area contributed by atoms with Crippen molar-refractivity contribution in [3.8, 4) is 0 Å². The normalized spacial score (nSPS) is 13.8. The number of hydrogen-bond donors (Lipinski definition) is 1. The van der Waals surface area contributed by atoms with Crippen molar-refractivity contribution >= 4 is 28.9 Å². The van der Waals surface area contributed by atoms with Crippen LogP contribution in [0.4, 0.5) is 34.6 Å². The molecule has 3 aromatic carbocycles. The van der Waals surface area contributed by atoms with Gasteiger partial charge in [0, 0.05) is 16.9 Å². The minimum atomic E-state index is -4.60. The van der Waals surface area contributed by atoms with Crippen molar-refractivity contribution in [2.24, 2.45) is 5.73 Å². The molecule has 3 aromatic rings. The third kappa shape index (κ3) is 3.77. The first-order chi connectivity index (χ1) is 15.1. The molecule has 4 rings (SSSR count). The number of carbonyl (C=O) groups excluding carboxylic acids is 2. The number of alkyl halides is 3. The van der Waals surface area contributed by atoms with Gasteiger partial charge < -0.3 is 10.6 Å². The van der Waals surface area contributed by atoms with E-state index in [0.29, 0.717) is 16.9 Å². The van der Waals surface area contributed by atoms with Gasteiger partial charge in [0.15, 0.2) is 0 Å². The lowest BCUT2D eigenvalue weighted by molar-refractivity contribution is -0.137. The summed E-state index contributed by atoms with van der Waals surface area (Å²) in [6.07, 6.45) is -4.60. The van der Waals surface area contributed by atoms with E-state index in [2.05, 4.69) is 0 Å². The van der Waals surface area contributed by atoms with Crippen LogP contribution in [0.2, 0.25) is 0 Å². The highest BCUT2D eigenvalue weighted by molar-refractivity contribution is 6.13. The Morgan fingerprint density at radius 1 is 0.969 bits per heavy atom. The van der Waals surface area contributed by atoms with Crippen molar-refractivity contribution in [2.45, 2.75) is 13.1 Å². The molecule has 9 heteroatoms. The number of nitrogens with two attached hydrogens (primary N) is 1. The first-order valence-corrected chi connectivity index (χ1v) is 9.53. The summed E-state index contributed by atoms with van der Waals surface area (Å²) in [5, 5.41) is 0. The number of hydrogen-bond acceptors (Lipinski definition) is 3. The van der Waals surface area contributed by atoms with E-state index in [1.165, 1.54) is 40.1 Å². The summed E-state index contributed by atoms with van der Waals surface area (Å²) in [5.41, 5.74) is 5.98. The Kier molecular flexibility index (Phi) is 5.12. The Labute approximate surface area is 180 Å². The van der Waals surface area contributed by atoms with Crippen LogP contribution in [-0.4, -0.2) is 18.5 Å². The van der Waals surface area contributed by atoms with E-state index in [1.54, 1.807) is 19.1 Å². The van der Waals surface area contributed by atoms with Crippen LogP contribution in [0.5, 0.6) is 0 Å². The van der Waals surface area contributed by atoms with Crippen LogP contribution in [0.15, 0.2) is 60.7 Å². The molecule has 0 atom stereocenters. The molecule has 32 heavy (non-hydrogen) atoms. The van der Waals surface area contributed by atoms with Gasteiger partial charge in [-0.2, -0.15) is 13.2 Å². The number of aryl methyl sites for hydroxylation is 1. The zero-order chi connectivity index (χ0) is 23.2. The Morgan fingerprint density at radius 3 is 2.38 bits per heavy atom. The van der Waals surface area contributed by atoms with Gasteiger partial charge in [-0.1, -0.05) is 6.07 Å². The summed E-state index contributed by atoms with van der Waals surface area (Å²) < 4.78 is 53.8. The summed E-state index contributed by atoms with van der Waals surface area (Å²) in [6.45, 7) is 1.47. The molecule has 1 heterocycles. The molecule has 164 valence electrons. The molecule has 0 saturated carbocycles. The van der Waals surface area contributed by atoms with E-state index in [4.69, 9.17) is 5.73 Å². The maximum atomic E-state index is 13.7. The second-order valence-corrected chi connectivity index (χ2v) is 7.38. The number of halogens is 4. The first-order valence-electron chi connectivity index (χ1n) is 9.53. The van der Waals surface area contributed by atoms with Gasteiger partial charge in [-0.3, -0.25) is 14.5 Å². The third-order valence-electron chi connectivity index (χ3n) is 5.27. The number of rotatable bonds is 3. The second kappa shape index (κ2) is 7.67. The molecule has 0 unspecified atom stereocenters. The highest BCUT2D eigenvalue weighted by Gasteiger charge is 2.36. The van der Waals surface area contributed by atoms with E-state index in [1.807, 2.05) is 0 Å². The van der Waals surface area contributed by atoms with Crippen molar-refractivity contribution < 1.29 is 27.2 Å². The monoisotopic (exact) mass is 443 g/mol. The van der Waals surface area contributed by atoms with Gasteiger partial charge in [-0.05, 0) is 67.1 Å². The highest BCUT2D eigenvalue weighted by atomic mass is 19.4. The van der Waals surface area contributed by atoms with E-state index in [0.717, 1.165) is 18.2 Å². The largest absolute Gasteiger partial charge is 0.416 e. The molecule has 2 N–H and O–H groups in total. The number of benzene rings is 3. The van der Waals surface area contributed by atoms with Crippen LogP contribution < -0.4 is 15.5 Å². The third-order valence-corrected chi connectivity index (χ3v) is 5.27. The molecular formula is C23H17F4N3O2. The lowest BCUT2D eigenvalue weighted by Gasteiger charge is -2.39. The van der Waals surface area contributed by atoms with Gasteiger partial charge in [0.05, 0.1) is 16.8 Å². The SMILES string of the molecule is Cc1cc(F)ccc1N1CN(c2cccc(C(N)=O)c2)C(=O)c2ccc(C(F)(F)F)cc21. The van der Waals surface area contributed by atoms with Gasteiger partial charge in [0.25, 0.3) is 5.91 Å². The molecule has 1 aliphatic heterocycles. The highest BCUT2D eigenvalue weighted by Crippen LogP contribution is 2.40. The van der Waals surface area contributed by atoms with Crippen LogP contribution >= 0.6 is 0 Å². The van der Waals surface area contributed by atoms with Gasteiger partial charge in [0.2, 0.25) is 5.91 Å². The number of anilines is 3. The number of carbonyl (C=O) groups is 2. The molecule has 0 fully saturated rings. The van der Waals surface area contributed by atoms with E-state index >= 15 is 0 Å². The molecular weight excluding hydrogens is 426 g/mol. The zero-order valence-electron chi connectivity index (χ0n) is 16.8. The van der Waals surface area contributed by atoms with Gasteiger partial charge in [0.1, 0.15) is 12.5 Å². The van der Waals surface area contributed by atoms with Crippen molar-refractivity contribution in [2.75, 3.05) is 16.5 Å². The quantitative estimate of drug-likeness (QED) is 0.579. The number of nitrogens with zero attached hydrogens (tertiary/aromatic N) is 2. The van der Waals surface area contributed by atoms with Crippen LogP contribution in [0.3, 0.4) is 0 Å². The smallest absolute Gasteiger partial charge is 0.366 e. The topological polar surface area (TPSA) is 66.6 Å². The maximum Gasteiger partial charge on any atom is 0.416 e. The lowest BCUT2D eigenvalue weighted by Crippen LogP contribution is -2.45. The fourth-order valence-electron chi connectivity index (χ4n) is 3.69. The summed E-state index contributed by atoms with van der Waals surface area (Å²) in [4.78, 5) is 27.6. The van der Waals surface area contributed by atoms with Gasteiger partial charge in [-0.25, -0.2) is 4.39 Å². The molecule has 2 amide bonds. The van der Waals surface area contributed by atoms with E-state index in [-0.39, 0.29) is 23.5 Å². The van der Waals surface area contributed by atoms with Crippen molar-refractivity contribution in [1.29, 1.82) is 0 Å². The molecule has 0 aromatic heterocycles. The second-order valence-electron chi connectivity index (χ2n) is 7.38. The average molecular weight is 443 g/mol. The summed E-state index contributed by atoms with van der Waals surface area (Å²) in [7, 11) is 0. The number of primary amides is 1. The predicted molar refractivity (Wildman–Crippen MR) is 111 cm³/mol. The maximum absolute atomic E-state index is 13.7. The summed E-state index contributed by atoms with van der Waals surface area (Å²) in [6, 6.07) is 12.9. The zero-order valence-corrected chi connectivity index (χ0v) is 16.8. The van der Waals surface area contributed by atoms with E-state index in [9.17, 15) is 27.2 Å². The minimum Gasteiger partial charge on any atom is -0.366 e. The molecule has 0 radical (unpaired) electrons. The Morgan fingerprint density at radius 2 is 1.72 bits per heavy atom. The lowest BCUT2D eigenvalue weighted by atomic mass is 10.0. The fraction of sp³-hybridized carbons (Fsp3) is 0.130.